The molecule has 0 N–H and O–H groups in total. The zero-order chi connectivity index (χ0) is 15.5. The Kier molecular flexibility index (Phi) is 3.74. The Hall–Kier alpha value is -2.88. The average Bonchev–Trinajstić information content (AvgIpc) is 2.84. The second-order valence-corrected chi connectivity index (χ2v) is 4.97. The monoisotopic (exact) mass is 292 g/mol. The van der Waals surface area contributed by atoms with Crippen molar-refractivity contribution in [3.05, 3.63) is 65.7 Å². The first kappa shape index (κ1) is 14.1. The number of nitrogens with zero attached hydrogens (tertiary/aromatic N) is 2. The highest BCUT2D eigenvalue weighted by Gasteiger charge is 2.28. The van der Waals surface area contributed by atoms with Crippen molar-refractivity contribution in [1.82, 2.24) is 0 Å². The van der Waals surface area contributed by atoms with Crippen molar-refractivity contribution < 1.29 is 9.53 Å². The summed E-state index contributed by atoms with van der Waals surface area (Å²) in [5, 5.41) is 5.79. The van der Waals surface area contributed by atoms with Crippen LogP contribution in [-0.2, 0) is 4.79 Å². The molecule has 0 aliphatic carbocycles. The second-order valence-electron chi connectivity index (χ2n) is 4.97. The van der Waals surface area contributed by atoms with Gasteiger partial charge in [-0.3, -0.25) is 4.79 Å². The summed E-state index contributed by atoms with van der Waals surface area (Å²) in [4.78, 5) is 12.6. The minimum atomic E-state index is -0.112. The van der Waals surface area contributed by atoms with Crippen molar-refractivity contribution in [1.29, 1.82) is 0 Å². The maximum atomic E-state index is 12.6. The number of hydrogen-bond acceptors (Lipinski definition) is 3. The zero-order valence-electron chi connectivity index (χ0n) is 12.5. The van der Waals surface area contributed by atoms with Gasteiger partial charge < -0.3 is 4.74 Å². The van der Waals surface area contributed by atoms with Crippen LogP contribution in [0.4, 0.5) is 5.69 Å². The number of hydrogen-bond donors (Lipinski definition) is 0. The summed E-state index contributed by atoms with van der Waals surface area (Å²) < 4.78 is 5.14. The van der Waals surface area contributed by atoms with Gasteiger partial charge in [-0.05, 0) is 42.8 Å². The summed E-state index contributed by atoms with van der Waals surface area (Å²) in [5.74, 6) is 0.677. The van der Waals surface area contributed by atoms with Crippen LogP contribution in [0, 0.1) is 0 Å². The third-order valence-electron chi connectivity index (χ3n) is 3.49. The van der Waals surface area contributed by atoms with Gasteiger partial charge in [0.15, 0.2) is 0 Å². The van der Waals surface area contributed by atoms with Crippen molar-refractivity contribution in [3.8, 4) is 5.75 Å². The van der Waals surface area contributed by atoms with E-state index in [1.165, 1.54) is 5.01 Å². The lowest BCUT2D eigenvalue weighted by Gasteiger charge is -2.11. The van der Waals surface area contributed by atoms with E-state index in [9.17, 15) is 4.79 Å². The van der Waals surface area contributed by atoms with Crippen LogP contribution in [0.1, 0.15) is 12.5 Å². The lowest BCUT2D eigenvalue weighted by molar-refractivity contribution is -0.114. The molecule has 0 fully saturated rings. The van der Waals surface area contributed by atoms with Crippen LogP contribution in [0.25, 0.3) is 6.08 Å². The fourth-order valence-electron chi connectivity index (χ4n) is 2.30. The molecule has 0 bridgehead atoms. The fourth-order valence-corrected chi connectivity index (χ4v) is 2.30. The lowest BCUT2D eigenvalue weighted by Crippen LogP contribution is -2.21. The number of benzene rings is 2. The Morgan fingerprint density at radius 3 is 2.36 bits per heavy atom. The van der Waals surface area contributed by atoms with Gasteiger partial charge in [0.05, 0.1) is 24.1 Å². The van der Waals surface area contributed by atoms with E-state index in [-0.39, 0.29) is 5.91 Å². The first-order valence-corrected chi connectivity index (χ1v) is 7.00. The van der Waals surface area contributed by atoms with Crippen LogP contribution in [0.15, 0.2) is 65.3 Å². The van der Waals surface area contributed by atoms with Gasteiger partial charge in [0.1, 0.15) is 5.75 Å². The molecule has 4 heteroatoms. The van der Waals surface area contributed by atoms with Crippen molar-refractivity contribution in [2.24, 2.45) is 5.10 Å². The molecule has 4 nitrogen and oxygen atoms in total. The molecular formula is C18H16N2O2. The molecule has 2 aromatic rings. The molecule has 1 aliphatic rings. The zero-order valence-corrected chi connectivity index (χ0v) is 12.5. The van der Waals surface area contributed by atoms with E-state index in [4.69, 9.17) is 4.74 Å². The third-order valence-corrected chi connectivity index (χ3v) is 3.49. The number of rotatable bonds is 3. The highest BCUT2D eigenvalue weighted by atomic mass is 16.5. The molecule has 1 amide bonds. The van der Waals surface area contributed by atoms with Crippen molar-refractivity contribution in [2.45, 2.75) is 6.92 Å². The summed E-state index contributed by atoms with van der Waals surface area (Å²) in [5.41, 5.74) is 3.03. The molecule has 3 rings (SSSR count). The molecule has 110 valence electrons. The van der Waals surface area contributed by atoms with E-state index < -0.39 is 0 Å². The average molecular weight is 292 g/mol. The number of methoxy groups -OCH3 is 1. The molecule has 0 radical (unpaired) electrons. The van der Waals surface area contributed by atoms with E-state index in [2.05, 4.69) is 5.10 Å². The quantitative estimate of drug-likeness (QED) is 0.812. The highest BCUT2D eigenvalue weighted by Crippen LogP contribution is 2.25. The number of hydrazone groups is 1. The fraction of sp³-hybridized carbons (Fsp3) is 0.111. The minimum absolute atomic E-state index is 0.112. The predicted octanol–water partition coefficient (Wildman–Crippen LogP) is 3.50. The van der Waals surface area contributed by atoms with E-state index >= 15 is 0 Å². The van der Waals surface area contributed by atoms with Gasteiger partial charge in [0.25, 0.3) is 5.91 Å². The normalized spacial score (nSPS) is 16.1. The largest absolute Gasteiger partial charge is 0.497 e. The van der Waals surface area contributed by atoms with Gasteiger partial charge >= 0.3 is 0 Å². The standard InChI is InChI=1S/C18H16N2O2/c1-13-17(12-14-8-10-16(22-2)11-9-14)18(21)20(19-13)15-6-4-3-5-7-15/h3-12H,1-2H3/b17-12+. The summed E-state index contributed by atoms with van der Waals surface area (Å²) >= 11 is 0. The Labute approximate surface area is 129 Å². The van der Waals surface area contributed by atoms with Gasteiger partial charge in [0, 0.05) is 0 Å². The van der Waals surface area contributed by atoms with Crippen molar-refractivity contribution in [2.75, 3.05) is 12.1 Å². The summed E-state index contributed by atoms with van der Waals surface area (Å²) in [6.45, 7) is 1.84. The number of carbonyl (C=O) groups excluding carboxylic acids is 1. The van der Waals surface area contributed by atoms with Crippen molar-refractivity contribution in [3.63, 3.8) is 0 Å². The van der Waals surface area contributed by atoms with Crippen molar-refractivity contribution >= 4 is 23.4 Å². The summed E-state index contributed by atoms with van der Waals surface area (Å²) in [6, 6.07) is 17.0. The van der Waals surface area contributed by atoms with Crippen LogP contribution < -0.4 is 9.75 Å². The maximum Gasteiger partial charge on any atom is 0.280 e. The number of ether oxygens (including phenoxy) is 1. The van der Waals surface area contributed by atoms with Crippen LogP contribution in [0.2, 0.25) is 0 Å². The van der Waals surface area contributed by atoms with Crippen LogP contribution >= 0.6 is 0 Å². The van der Waals surface area contributed by atoms with Crippen LogP contribution in [0.3, 0.4) is 0 Å². The molecule has 0 saturated carbocycles. The number of carbonyl (C=O) groups is 1. The Balaban J connectivity index is 1.90. The first-order chi connectivity index (χ1) is 10.7. The van der Waals surface area contributed by atoms with Gasteiger partial charge in [0.2, 0.25) is 0 Å². The number of anilines is 1. The van der Waals surface area contributed by atoms with Gasteiger partial charge in [-0.25, -0.2) is 0 Å². The number of para-hydroxylation sites is 1. The molecule has 2 aromatic carbocycles. The molecule has 22 heavy (non-hydrogen) atoms. The second kappa shape index (κ2) is 5.85. The van der Waals surface area contributed by atoms with Crippen LogP contribution in [0.5, 0.6) is 5.75 Å². The van der Waals surface area contributed by atoms with Gasteiger partial charge in [-0.2, -0.15) is 10.1 Å². The first-order valence-electron chi connectivity index (χ1n) is 7.00. The topological polar surface area (TPSA) is 41.9 Å². The summed E-state index contributed by atoms with van der Waals surface area (Å²) in [6.07, 6.45) is 1.85. The molecule has 0 saturated heterocycles. The van der Waals surface area contributed by atoms with Crippen LogP contribution in [-0.4, -0.2) is 18.7 Å². The van der Waals surface area contributed by atoms with Gasteiger partial charge in [-0.15, -0.1) is 0 Å². The molecule has 0 spiro atoms. The molecule has 0 aromatic heterocycles. The van der Waals surface area contributed by atoms with E-state index in [0.717, 1.165) is 17.0 Å². The minimum Gasteiger partial charge on any atom is -0.497 e. The lowest BCUT2D eigenvalue weighted by atomic mass is 10.1. The van der Waals surface area contributed by atoms with E-state index in [1.807, 2.05) is 67.6 Å². The Bertz CT molecular complexity index is 746. The SMILES string of the molecule is COc1ccc(/C=C2/C(=O)N(c3ccccc3)N=C2C)cc1. The molecule has 1 heterocycles. The maximum absolute atomic E-state index is 12.6. The van der Waals surface area contributed by atoms with E-state index in [0.29, 0.717) is 11.3 Å². The molecule has 1 aliphatic heterocycles. The highest BCUT2D eigenvalue weighted by molar-refractivity contribution is 6.32. The summed E-state index contributed by atoms with van der Waals surface area (Å²) in [7, 11) is 1.63. The molecule has 0 unspecified atom stereocenters. The van der Waals surface area contributed by atoms with E-state index in [1.54, 1.807) is 7.11 Å². The number of amides is 1. The Morgan fingerprint density at radius 2 is 1.73 bits per heavy atom. The molecule has 0 atom stereocenters. The Morgan fingerprint density at radius 1 is 1.05 bits per heavy atom. The smallest absolute Gasteiger partial charge is 0.280 e. The predicted molar refractivity (Wildman–Crippen MR) is 88.0 cm³/mol. The van der Waals surface area contributed by atoms with Gasteiger partial charge in [-0.1, -0.05) is 30.3 Å². The molecular weight excluding hydrogens is 276 g/mol. The third kappa shape index (κ3) is 2.63.